The molecule has 0 spiro atoms. The number of nitrogens with two attached hydrogens (primary N) is 1. The Morgan fingerprint density at radius 3 is 2.54 bits per heavy atom. The molecule has 1 saturated heterocycles. The fourth-order valence-corrected chi connectivity index (χ4v) is 3.47. The molecule has 2 aromatic rings. The summed E-state index contributed by atoms with van der Waals surface area (Å²) in [6.07, 6.45) is 1.60. The Morgan fingerprint density at radius 1 is 1.14 bits per heavy atom. The van der Waals surface area contributed by atoms with Crippen molar-refractivity contribution in [2.75, 3.05) is 36.8 Å². The monoisotopic (exact) mass is 423 g/mol. The normalized spacial score (nSPS) is 14.2. The van der Waals surface area contributed by atoms with Crippen molar-refractivity contribution in [1.29, 1.82) is 0 Å². The molecule has 8 nitrogen and oxygen atoms in total. The van der Waals surface area contributed by atoms with Crippen LogP contribution in [0.3, 0.4) is 0 Å². The van der Waals surface area contributed by atoms with Gasteiger partial charge in [0.15, 0.2) is 5.78 Å². The minimum absolute atomic E-state index is 0.0654. The third-order valence-electron chi connectivity index (χ3n) is 4.59. The summed E-state index contributed by atoms with van der Waals surface area (Å²) < 4.78 is 0. The number of nitrogens with zero attached hydrogens (tertiary/aromatic N) is 3. The van der Waals surface area contributed by atoms with Crippen molar-refractivity contribution in [2.45, 2.75) is 12.8 Å². The molecule has 0 unspecified atom stereocenters. The van der Waals surface area contributed by atoms with Crippen molar-refractivity contribution < 1.29 is 9.59 Å². The maximum atomic E-state index is 12.5. The Labute approximate surface area is 171 Å². The highest BCUT2D eigenvalue weighted by atomic mass is 35.5. The first kappa shape index (κ1) is 20.2. The summed E-state index contributed by atoms with van der Waals surface area (Å²) >= 11 is 11.9. The Morgan fingerprint density at radius 2 is 1.86 bits per heavy atom. The maximum Gasteiger partial charge on any atom is 0.346 e. The van der Waals surface area contributed by atoms with Crippen LogP contribution in [0.2, 0.25) is 10.0 Å². The van der Waals surface area contributed by atoms with E-state index in [4.69, 9.17) is 28.9 Å². The van der Waals surface area contributed by atoms with Gasteiger partial charge >= 0.3 is 5.69 Å². The Bertz CT molecular complexity index is 954. The molecule has 28 heavy (non-hydrogen) atoms. The number of carbonyl (C=O) groups is 2. The number of aromatic nitrogens is 2. The fraction of sp³-hybridized carbons (Fsp3) is 0.333. The first-order chi connectivity index (χ1) is 13.3. The highest BCUT2D eigenvalue weighted by Crippen LogP contribution is 2.23. The van der Waals surface area contributed by atoms with Crippen LogP contribution in [0.4, 0.5) is 11.5 Å². The molecular weight excluding hydrogens is 405 g/mol. The second-order valence-electron chi connectivity index (χ2n) is 6.40. The fourth-order valence-electron chi connectivity index (χ4n) is 3.07. The SMILES string of the molecule is Nc1[nH]c(=O)ncc1N1CCN(C(=O)CCC(=O)c2cc(Cl)ccc2Cl)CC1. The van der Waals surface area contributed by atoms with E-state index < -0.39 is 5.69 Å². The van der Waals surface area contributed by atoms with Crippen LogP contribution >= 0.6 is 23.2 Å². The molecule has 3 rings (SSSR count). The van der Waals surface area contributed by atoms with Crippen molar-refractivity contribution in [3.05, 3.63) is 50.5 Å². The first-order valence-electron chi connectivity index (χ1n) is 8.71. The van der Waals surface area contributed by atoms with Gasteiger partial charge in [-0.2, -0.15) is 4.98 Å². The third kappa shape index (κ3) is 4.63. The highest BCUT2D eigenvalue weighted by Gasteiger charge is 2.23. The lowest BCUT2D eigenvalue weighted by Crippen LogP contribution is -2.49. The molecule has 10 heteroatoms. The molecule has 2 heterocycles. The van der Waals surface area contributed by atoms with Gasteiger partial charge in [-0.05, 0) is 18.2 Å². The number of carbonyl (C=O) groups excluding carboxylic acids is 2. The van der Waals surface area contributed by atoms with E-state index in [1.807, 2.05) is 4.90 Å². The molecule has 1 aromatic heterocycles. The van der Waals surface area contributed by atoms with Crippen molar-refractivity contribution in [3.63, 3.8) is 0 Å². The summed E-state index contributed by atoms with van der Waals surface area (Å²) in [5, 5.41) is 0.744. The zero-order valence-electron chi connectivity index (χ0n) is 15.0. The molecule has 0 radical (unpaired) electrons. The van der Waals surface area contributed by atoms with E-state index in [9.17, 15) is 14.4 Å². The predicted molar refractivity (Wildman–Crippen MR) is 108 cm³/mol. The Balaban J connectivity index is 1.53. The standard InChI is InChI=1S/C18H19Cl2N5O3/c19-11-1-2-13(20)12(9-11)15(26)3-4-16(27)25-7-5-24(6-8-25)14-10-22-18(28)23-17(14)21/h1-2,9-10H,3-8H2,(H3,21,22,23,28). The lowest BCUT2D eigenvalue weighted by Gasteiger charge is -2.36. The van der Waals surface area contributed by atoms with E-state index in [1.54, 1.807) is 17.0 Å². The van der Waals surface area contributed by atoms with Gasteiger partial charge in [0.1, 0.15) is 5.82 Å². The van der Waals surface area contributed by atoms with E-state index in [2.05, 4.69) is 9.97 Å². The van der Waals surface area contributed by atoms with Gasteiger partial charge in [0.05, 0.1) is 16.9 Å². The van der Waals surface area contributed by atoms with Gasteiger partial charge in [0.25, 0.3) is 0 Å². The minimum atomic E-state index is -0.500. The number of ketones is 1. The largest absolute Gasteiger partial charge is 0.383 e. The number of amides is 1. The highest BCUT2D eigenvalue weighted by molar-refractivity contribution is 6.35. The molecule has 0 aliphatic carbocycles. The number of anilines is 2. The van der Waals surface area contributed by atoms with E-state index in [0.717, 1.165) is 0 Å². The number of rotatable bonds is 5. The molecule has 1 aliphatic rings. The number of halogens is 2. The number of H-pyrrole nitrogens is 1. The molecule has 0 atom stereocenters. The van der Waals surface area contributed by atoms with Gasteiger partial charge in [0, 0.05) is 49.6 Å². The van der Waals surface area contributed by atoms with Crippen LogP contribution in [0.1, 0.15) is 23.2 Å². The topological polar surface area (TPSA) is 112 Å². The van der Waals surface area contributed by atoms with Gasteiger partial charge in [-0.3, -0.25) is 14.6 Å². The van der Waals surface area contributed by atoms with Crippen LogP contribution in [-0.4, -0.2) is 52.7 Å². The number of benzene rings is 1. The van der Waals surface area contributed by atoms with Crippen LogP contribution in [0.5, 0.6) is 0 Å². The number of piperazine rings is 1. The van der Waals surface area contributed by atoms with Crippen LogP contribution in [0.25, 0.3) is 0 Å². The summed E-state index contributed by atoms with van der Waals surface area (Å²) in [6.45, 7) is 2.09. The zero-order chi connectivity index (χ0) is 20.3. The van der Waals surface area contributed by atoms with Gasteiger partial charge in [-0.25, -0.2) is 4.79 Å². The molecule has 0 saturated carbocycles. The number of aromatic amines is 1. The molecule has 148 valence electrons. The number of nitrogen functional groups attached to an aromatic ring is 1. The van der Waals surface area contributed by atoms with E-state index in [-0.39, 0.29) is 30.3 Å². The molecule has 1 amide bonds. The summed E-state index contributed by atoms with van der Waals surface area (Å²) in [5.41, 5.74) is 6.29. The molecule has 1 fully saturated rings. The predicted octanol–water partition coefficient (Wildman–Crippen LogP) is 1.97. The van der Waals surface area contributed by atoms with Crippen molar-refractivity contribution in [3.8, 4) is 0 Å². The van der Waals surface area contributed by atoms with Crippen molar-refractivity contribution in [1.82, 2.24) is 14.9 Å². The third-order valence-corrected chi connectivity index (χ3v) is 5.15. The van der Waals surface area contributed by atoms with E-state index in [1.165, 1.54) is 12.3 Å². The van der Waals surface area contributed by atoms with E-state index in [0.29, 0.717) is 47.5 Å². The average molecular weight is 424 g/mol. The van der Waals surface area contributed by atoms with Crippen LogP contribution in [0.15, 0.2) is 29.2 Å². The maximum absolute atomic E-state index is 12.5. The van der Waals surface area contributed by atoms with Gasteiger partial charge < -0.3 is 15.5 Å². The summed E-state index contributed by atoms with van der Waals surface area (Å²) in [7, 11) is 0. The van der Waals surface area contributed by atoms with Crippen LogP contribution < -0.4 is 16.3 Å². The smallest absolute Gasteiger partial charge is 0.346 e. The molecule has 0 bridgehead atoms. The second-order valence-corrected chi connectivity index (χ2v) is 7.25. The molecule has 1 aliphatic heterocycles. The molecule has 3 N–H and O–H groups in total. The average Bonchev–Trinajstić information content (AvgIpc) is 2.68. The summed E-state index contributed by atoms with van der Waals surface area (Å²) in [6, 6.07) is 4.68. The van der Waals surface area contributed by atoms with Crippen LogP contribution in [0, 0.1) is 0 Å². The van der Waals surface area contributed by atoms with Gasteiger partial charge in [-0.1, -0.05) is 23.2 Å². The van der Waals surface area contributed by atoms with E-state index >= 15 is 0 Å². The minimum Gasteiger partial charge on any atom is -0.383 e. The summed E-state index contributed by atoms with van der Waals surface area (Å²) in [5.74, 6) is -0.0611. The lowest BCUT2D eigenvalue weighted by molar-refractivity contribution is -0.131. The second kappa shape index (κ2) is 8.62. The molecular formula is C18H19Cl2N5O3. The Kier molecular flexibility index (Phi) is 6.21. The van der Waals surface area contributed by atoms with Gasteiger partial charge in [-0.15, -0.1) is 0 Å². The van der Waals surface area contributed by atoms with Crippen LogP contribution in [-0.2, 0) is 4.79 Å². The number of Topliss-reactive ketones (excluding diaryl/α,β-unsaturated/α-hetero) is 1. The Hall–Kier alpha value is -2.58. The number of hydrogen-bond donors (Lipinski definition) is 2. The summed E-state index contributed by atoms with van der Waals surface area (Å²) in [4.78, 5) is 45.8. The zero-order valence-corrected chi connectivity index (χ0v) is 16.5. The number of nitrogens with one attached hydrogen (secondary N) is 1. The molecule has 1 aromatic carbocycles. The van der Waals surface area contributed by atoms with Crippen molar-refractivity contribution in [2.24, 2.45) is 0 Å². The number of hydrogen-bond acceptors (Lipinski definition) is 6. The van der Waals surface area contributed by atoms with Gasteiger partial charge in [0.2, 0.25) is 5.91 Å². The quantitative estimate of drug-likeness (QED) is 0.710. The van der Waals surface area contributed by atoms with Crippen molar-refractivity contribution >= 4 is 46.4 Å². The lowest BCUT2D eigenvalue weighted by atomic mass is 10.1. The first-order valence-corrected chi connectivity index (χ1v) is 9.46.